The van der Waals surface area contributed by atoms with Gasteiger partial charge in [-0.3, -0.25) is 5.41 Å². The largest absolute Gasteiger partial charge is 0.388 e. The molecular formula is C8H16N2O. The Morgan fingerprint density at radius 2 is 2.09 bits per heavy atom. The summed E-state index contributed by atoms with van der Waals surface area (Å²) >= 11 is 0. The normalized spacial score (nSPS) is 18.9. The van der Waals surface area contributed by atoms with Crippen LogP contribution in [0.4, 0.5) is 0 Å². The highest BCUT2D eigenvalue weighted by molar-refractivity contribution is 5.76. The number of hydrogen-bond donors (Lipinski definition) is 2. The molecule has 0 aromatic rings. The summed E-state index contributed by atoms with van der Waals surface area (Å²) in [6.45, 7) is 0.625. The van der Waals surface area contributed by atoms with Gasteiger partial charge in [0, 0.05) is 6.42 Å². The van der Waals surface area contributed by atoms with Crippen molar-refractivity contribution in [1.82, 2.24) is 0 Å². The summed E-state index contributed by atoms with van der Waals surface area (Å²) in [7, 11) is 0. The van der Waals surface area contributed by atoms with Crippen LogP contribution in [0, 0.1) is 5.41 Å². The summed E-state index contributed by atoms with van der Waals surface area (Å²) in [5.74, 6) is 0.225. The Balaban J connectivity index is 1.98. The van der Waals surface area contributed by atoms with Crippen LogP contribution in [0.5, 0.6) is 0 Å². The van der Waals surface area contributed by atoms with E-state index in [1.54, 1.807) is 0 Å². The molecule has 0 aliphatic heterocycles. The van der Waals surface area contributed by atoms with Gasteiger partial charge in [-0.1, -0.05) is 12.8 Å². The molecule has 3 heteroatoms. The van der Waals surface area contributed by atoms with Crippen molar-refractivity contribution in [2.45, 2.75) is 38.2 Å². The standard InChI is InChI=1S/C8H16N2O/c9-8(10)5-6-11-7-3-1-2-4-7/h7H,1-6H2,(H3,9,10). The molecule has 0 saturated heterocycles. The van der Waals surface area contributed by atoms with Crippen molar-refractivity contribution in [2.75, 3.05) is 6.61 Å². The molecule has 0 spiro atoms. The van der Waals surface area contributed by atoms with Gasteiger partial charge in [-0.05, 0) is 12.8 Å². The quantitative estimate of drug-likeness (QED) is 0.475. The third kappa shape index (κ3) is 3.37. The summed E-state index contributed by atoms with van der Waals surface area (Å²) in [4.78, 5) is 0. The number of ether oxygens (including phenoxy) is 1. The minimum absolute atomic E-state index is 0.225. The lowest BCUT2D eigenvalue weighted by molar-refractivity contribution is 0.0634. The molecule has 0 aromatic heterocycles. The van der Waals surface area contributed by atoms with Crippen molar-refractivity contribution in [3.05, 3.63) is 0 Å². The summed E-state index contributed by atoms with van der Waals surface area (Å²) in [5, 5.41) is 6.97. The van der Waals surface area contributed by atoms with Gasteiger partial charge in [-0.15, -0.1) is 0 Å². The highest BCUT2D eigenvalue weighted by Crippen LogP contribution is 2.20. The molecule has 1 aliphatic carbocycles. The molecule has 1 fully saturated rings. The van der Waals surface area contributed by atoms with Crippen molar-refractivity contribution in [1.29, 1.82) is 5.41 Å². The highest BCUT2D eigenvalue weighted by Gasteiger charge is 2.14. The van der Waals surface area contributed by atoms with E-state index in [9.17, 15) is 0 Å². The molecule has 0 unspecified atom stereocenters. The molecule has 0 bridgehead atoms. The molecule has 0 aromatic carbocycles. The predicted molar refractivity (Wildman–Crippen MR) is 44.7 cm³/mol. The Morgan fingerprint density at radius 3 is 2.64 bits per heavy atom. The molecule has 0 amide bonds. The zero-order valence-electron chi connectivity index (χ0n) is 6.81. The Bertz CT molecular complexity index is 130. The molecule has 1 aliphatic rings. The van der Waals surface area contributed by atoms with Crippen LogP contribution in [-0.4, -0.2) is 18.5 Å². The minimum atomic E-state index is 0.225. The maximum Gasteiger partial charge on any atom is 0.0928 e. The second-order valence-corrected chi connectivity index (χ2v) is 3.05. The first-order valence-corrected chi connectivity index (χ1v) is 4.23. The van der Waals surface area contributed by atoms with Crippen LogP contribution in [0.2, 0.25) is 0 Å². The summed E-state index contributed by atoms with van der Waals surface area (Å²) in [6, 6.07) is 0. The van der Waals surface area contributed by atoms with E-state index < -0.39 is 0 Å². The Morgan fingerprint density at radius 1 is 1.45 bits per heavy atom. The van der Waals surface area contributed by atoms with Gasteiger partial charge in [-0.2, -0.15) is 0 Å². The lowest BCUT2D eigenvalue weighted by Gasteiger charge is -2.09. The van der Waals surface area contributed by atoms with E-state index in [1.165, 1.54) is 25.7 Å². The van der Waals surface area contributed by atoms with Crippen LogP contribution in [0.1, 0.15) is 32.1 Å². The minimum Gasteiger partial charge on any atom is -0.388 e. The molecule has 0 radical (unpaired) electrons. The third-order valence-corrected chi connectivity index (χ3v) is 2.03. The van der Waals surface area contributed by atoms with Gasteiger partial charge in [0.2, 0.25) is 0 Å². The van der Waals surface area contributed by atoms with Crippen LogP contribution < -0.4 is 5.73 Å². The fraction of sp³-hybridized carbons (Fsp3) is 0.875. The Kier molecular flexibility index (Phi) is 3.36. The number of amidine groups is 1. The van der Waals surface area contributed by atoms with Crippen LogP contribution in [-0.2, 0) is 4.74 Å². The van der Waals surface area contributed by atoms with Crippen LogP contribution >= 0.6 is 0 Å². The second-order valence-electron chi connectivity index (χ2n) is 3.05. The van der Waals surface area contributed by atoms with E-state index in [0.717, 1.165) is 0 Å². The number of hydrogen-bond acceptors (Lipinski definition) is 2. The smallest absolute Gasteiger partial charge is 0.0928 e. The second kappa shape index (κ2) is 4.34. The van der Waals surface area contributed by atoms with E-state index in [0.29, 0.717) is 19.1 Å². The molecule has 0 heterocycles. The fourth-order valence-corrected chi connectivity index (χ4v) is 1.39. The first kappa shape index (κ1) is 8.53. The van der Waals surface area contributed by atoms with Gasteiger partial charge in [0.15, 0.2) is 0 Å². The lowest BCUT2D eigenvalue weighted by atomic mass is 10.3. The topological polar surface area (TPSA) is 59.1 Å². The number of rotatable bonds is 4. The van der Waals surface area contributed by atoms with Gasteiger partial charge >= 0.3 is 0 Å². The van der Waals surface area contributed by atoms with Crippen LogP contribution in [0.15, 0.2) is 0 Å². The molecule has 3 N–H and O–H groups in total. The molecule has 11 heavy (non-hydrogen) atoms. The summed E-state index contributed by atoms with van der Waals surface area (Å²) in [6.07, 6.45) is 6.01. The van der Waals surface area contributed by atoms with Gasteiger partial charge < -0.3 is 10.5 Å². The monoisotopic (exact) mass is 156 g/mol. The molecule has 64 valence electrons. The van der Waals surface area contributed by atoms with Crippen molar-refractivity contribution in [2.24, 2.45) is 5.73 Å². The Labute approximate surface area is 67.4 Å². The zero-order chi connectivity index (χ0) is 8.10. The van der Waals surface area contributed by atoms with E-state index >= 15 is 0 Å². The fourth-order valence-electron chi connectivity index (χ4n) is 1.39. The van der Waals surface area contributed by atoms with Crippen molar-refractivity contribution >= 4 is 5.84 Å². The first-order chi connectivity index (χ1) is 5.29. The first-order valence-electron chi connectivity index (χ1n) is 4.23. The van der Waals surface area contributed by atoms with E-state index in [1.807, 2.05) is 0 Å². The molecule has 1 rings (SSSR count). The molecule has 3 nitrogen and oxygen atoms in total. The van der Waals surface area contributed by atoms with Crippen molar-refractivity contribution in [3.63, 3.8) is 0 Å². The Hall–Kier alpha value is -0.570. The van der Waals surface area contributed by atoms with Gasteiger partial charge in [0.1, 0.15) is 0 Å². The number of nitrogens with two attached hydrogens (primary N) is 1. The average Bonchev–Trinajstić information content (AvgIpc) is 2.39. The molecule has 1 saturated carbocycles. The summed E-state index contributed by atoms with van der Waals surface area (Å²) in [5.41, 5.74) is 5.18. The third-order valence-electron chi connectivity index (χ3n) is 2.03. The van der Waals surface area contributed by atoms with Crippen LogP contribution in [0.3, 0.4) is 0 Å². The van der Waals surface area contributed by atoms with Crippen molar-refractivity contribution < 1.29 is 4.74 Å². The SMILES string of the molecule is N=C(N)CCOC1CCCC1. The average molecular weight is 156 g/mol. The predicted octanol–water partition coefficient (Wildman–Crippen LogP) is 1.27. The van der Waals surface area contributed by atoms with Gasteiger partial charge in [-0.25, -0.2) is 0 Å². The van der Waals surface area contributed by atoms with E-state index in [2.05, 4.69) is 0 Å². The van der Waals surface area contributed by atoms with Gasteiger partial charge in [0.05, 0.1) is 18.5 Å². The van der Waals surface area contributed by atoms with E-state index in [-0.39, 0.29) is 5.84 Å². The van der Waals surface area contributed by atoms with Crippen LogP contribution in [0.25, 0.3) is 0 Å². The number of nitrogens with one attached hydrogen (secondary N) is 1. The van der Waals surface area contributed by atoms with E-state index in [4.69, 9.17) is 15.9 Å². The highest BCUT2D eigenvalue weighted by atomic mass is 16.5. The van der Waals surface area contributed by atoms with Gasteiger partial charge in [0.25, 0.3) is 0 Å². The molecule has 0 atom stereocenters. The lowest BCUT2D eigenvalue weighted by Crippen LogP contribution is -2.16. The maximum atomic E-state index is 6.97. The van der Waals surface area contributed by atoms with Crippen molar-refractivity contribution in [3.8, 4) is 0 Å². The molecular weight excluding hydrogens is 140 g/mol. The zero-order valence-corrected chi connectivity index (χ0v) is 6.81. The summed E-state index contributed by atoms with van der Waals surface area (Å²) < 4.78 is 5.49. The maximum absolute atomic E-state index is 6.97.